The second kappa shape index (κ2) is 3.24. The predicted molar refractivity (Wildman–Crippen MR) is 45.2 cm³/mol. The first kappa shape index (κ1) is 9.21. The van der Waals surface area contributed by atoms with Crippen LogP contribution in [0.5, 0.6) is 0 Å². The van der Waals surface area contributed by atoms with E-state index in [1.54, 1.807) is 25.6 Å². The molecule has 0 spiro atoms. The molecule has 0 aliphatic carbocycles. The maximum Gasteiger partial charge on any atom is 0.0895 e. The summed E-state index contributed by atoms with van der Waals surface area (Å²) in [6.07, 6.45) is 0. The Labute approximate surface area is 73.2 Å². The van der Waals surface area contributed by atoms with Crippen molar-refractivity contribution in [1.82, 2.24) is 9.78 Å². The summed E-state index contributed by atoms with van der Waals surface area (Å²) in [6, 6.07) is 0. The minimum Gasteiger partial charge on any atom is -0.755 e. The molecule has 1 unspecified atom stereocenters. The van der Waals surface area contributed by atoms with Crippen molar-refractivity contribution >= 4 is 17.0 Å². The maximum absolute atomic E-state index is 10.3. The van der Waals surface area contributed by atoms with Gasteiger partial charge in [-0.1, -0.05) is 0 Å². The number of anilines is 1. The number of nitrogens with one attached hydrogen (secondary N) is 1. The molecular weight excluding hydrogens is 178 g/mol. The van der Waals surface area contributed by atoms with Crippen molar-refractivity contribution in [3.63, 3.8) is 0 Å². The summed E-state index contributed by atoms with van der Waals surface area (Å²) in [5.74, 6) is 0. The van der Waals surface area contributed by atoms with Crippen molar-refractivity contribution in [3.05, 3.63) is 11.4 Å². The van der Waals surface area contributed by atoms with E-state index in [0.29, 0.717) is 11.4 Å². The standard InChI is InChI=1S/C6H11N3O2S/c1-4-6(8-12(10)11)5(2)9(3)7-4/h8H,1-3H3,(H,10,11)/p-1. The molecule has 0 bridgehead atoms. The van der Waals surface area contributed by atoms with Crippen molar-refractivity contribution in [3.8, 4) is 0 Å². The van der Waals surface area contributed by atoms with Gasteiger partial charge in [0.15, 0.2) is 0 Å². The van der Waals surface area contributed by atoms with Crippen molar-refractivity contribution in [1.29, 1.82) is 0 Å². The van der Waals surface area contributed by atoms with Crippen LogP contribution in [0.3, 0.4) is 0 Å². The molecule has 0 amide bonds. The molecule has 1 N–H and O–H groups in total. The lowest BCUT2D eigenvalue weighted by molar-refractivity contribution is 0.542. The van der Waals surface area contributed by atoms with Gasteiger partial charge in [0.2, 0.25) is 0 Å². The van der Waals surface area contributed by atoms with Crippen LogP contribution in [0.4, 0.5) is 5.69 Å². The molecule has 12 heavy (non-hydrogen) atoms. The van der Waals surface area contributed by atoms with Gasteiger partial charge in [0.25, 0.3) is 0 Å². The first-order chi connectivity index (χ1) is 5.52. The molecule has 1 aromatic rings. The molecule has 0 saturated carbocycles. The number of hydrogen-bond acceptors (Lipinski definition) is 3. The van der Waals surface area contributed by atoms with Crippen LogP contribution in [0.2, 0.25) is 0 Å². The Balaban J connectivity index is 3.05. The second-order valence-electron chi connectivity index (χ2n) is 2.51. The van der Waals surface area contributed by atoms with Crippen molar-refractivity contribution in [2.75, 3.05) is 4.72 Å². The molecule has 68 valence electrons. The highest BCUT2D eigenvalue weighted by atomic mass is 32.2. The molecular formula is C6H10N3O2S-. The molecule has 0 fully saturated rings. The van der Waals surface area contributed by atoms with Gasteiger partial charge >= 0.3 is 0 Å². The highest BCUT2D eigenvalue weighted by Crippen LogP contribution is 2.18. The van der Waals surface area contributed by atoms with E-state index in [1.165, 1.54) is 0 Å². The molecule has 1 rings (SSSR count). The third-order valence-electron chi connectivity index (χ3n) is 1.69. The molecule has 5 nitrogen and oxygen atoms in total. The number of hydrogen-bond donors (Lipinski definition) is 1. The van der Waals surface area contributed by atoms with Crippen LogP contribution in [-0.4, -0.2) is 18.5 Å². The molecule has 0 aliphatic rings. The Morgan fingerprint density at radius 3 is 2.50 bits per heavy atom. The highest BCUT2D eigenvalue weighted by Gasteiger charge is 2.07. The fourth-order valence-electron chi connectivity index (χ4n) is 1.00. The van der Waals surface area contributed by atoms with E-state index >= 15 is 0 Å². The Hall–Kier alpha value is -0.880. The lowest BCUT2D eigenvalue weighted by Gasteiger charge is -2.07. The van der Waals surface area contributed by atoms with E-state index in [4.69, 9.17) is 0 Å². The Morgan fingerprint density at radius 1 is 1.58 bits per heavy atom. The average Bonchev–Trinajstić information content (AvgIpc) is 2.16. The van der Waals surface area contributed by atoms with Gasteiger partial charge in [-0.15, -0.1) is 0 Å². The summed E-state index contributed by atoms with van der Waals surface area (Å²) in [5, 5.41) is 4.04. The Bertz CT molecular complexity index is 321. The van der Waals surface area contributed by atoms with Gasteiger partial charge in [-0.05, 0) is 13.8 Å². The van der Waals surface area contributed by atoms with Crippen LogP contribution < -0.4 is 4.72 Å². The minimum atomic E-state index is -2.28. The van der Waals surface area contributed by atoms with Gasteiger partial charge in [0.1, 0.15) is 0 Å². The van der Waals surface area contributed by atoms with Gasteiger partial charge in [0.05, 0.1) is 17.1 Å². The molecule has 0 aliphatic heterocycles. The third-order valence-corrected chi connectivity index (χ3v) is 2.07. The van der Waals surface area contributed by atoms with Gasteiger partial charge in [-0.2, -0.15) is 5.10 Å². The van der Waals surface area contributed by atoms with Crippen LogP contribution in [0, 0.1) is 13.8 Å². The molecule has 1 heterocycles. The first-order valence-electron chi connectivity index (χ1n) is 3.38. The smallest absolute Gasteiger partial charge is 0.0895 e. The Morgan fingerprint density at radius 2 is 2.17 bits per heavy atom. The highest BCUT2D eigenvalue weighted by molar-refractivity contribution is 7.80. The lowest BCUT2D eigenvalue weighted by Crippen LogP contribution is -2.04. The van der Waals surface area contributed by atoms with Crippen LogP contribution in [-0.2, 0) is 18.3 Å². The van der Waals surface area contributed by atoms with Gasteiger partial charge in [-0.3, -0.25) is 8.89 Å². The second-order valence-corrected chi connectivity index (χ2v) is 3.18. The largest absolute Gasteiger partial charge is 0.755 e. The summed E-state index contributed by atoms with van der Waals surface area (Å²) in [5.41, 5.74) is 2.04. The summed E-state index contributed by atoms with van der Waals surface area (Å²) < 4.78 is 24.6. The SMILES string of the molecule is Cc1nn(C)c(C)c1NS(=O)[O-]. The van der Waals surface area contributed by atoms with E-state index in [9.17, 15) is 8.76 Å². The summed E-state index contributed by atoms with van der Waals surface area (Å²) in [7, 11) is 1.77. The average molecular weight is 188 g/mol. The summed E-state index contributed by atoms with van der Waals surface area (Å²) in [6.45, 7) is 3.55. The van der Waals surface area contributed by atoms with Gasteiger partial charge in [-0.25, -0.2) is 0 Å². The molecule has 6 heteroatoms. The zero-order valence-electron chi connectivity index (χ0n) is 7.12. The number of nitrogens with zero attached hydrogens (tertiary/aromatic N) is 2. The molecule has 0 radical (unpaired) electrons. The molecule has 0 saturated heterocycles. The summed E-state index contributed by atoms with van der Waals surface area (Å²) >= 11 is -2.28. The maximum atomic E-state index is 10.3. The molecule has 1 atom stereocenters. The molecule has 0 aromatic carbocycles. The quantitative estimate of drug-likeness (QED) is 0.676. The Kier molecular flexibility index (Phi) is 2.49. The van der Waals surface area contributed by atoms with Crippen molar-refractivity contribution < 1.29 is 8.76 Å². The normalized spacial score (nSPS) is 13.0. The zero-order chi connectivity index (χ0) is 9.30. The number of rotatable bonds is 2. The minimum absolute atomic E-state index is 0.561. The predicted octanol–water partition coefficient (Wildman–Crippen LogP) is 0.243. The van der Waals surface area contributed by atoms with E-state index in [-0.39, 0.29) is 0 Å². The first-order valence-corrected chi connectivity index (χ1v) is 4.46. The van der Waals surface area contributed by atoms with Crippen LogP contribution in [0.25, 0.3) is 0 Å². The van der Waals surface area contributed by atoms with E-state index in [1.807, 2.05) is 0 Å². The van der Waals surface area contributed by atoms with Crippen LogP contribution in [0.15, 0.2) is 0 Å². The van der Waals surface area contributed by atoms with Crippen molar-refractivity contribution in [2.24, 2.45) is 7.05 Å². The van der Waals surface area contributed by atoms with Crippen LogP contribution >= 0.6 is 0 Å². The van der Waals surface area contributed by atoms with E-state index in [2.05, 4.69) is 9.82 Å². The zero-order valence-corrected chi connectivity index (χ0v) is 7.94. The molecule has 1 aromatic heterocycles. The van der Waals surface area contributed by atoms with E-state index < -0.39 is 11.3 Å². The van der Waals surface area contributed by atoms with Crippen molar-refractivity contribution in [2.45, 2.75) is 13.8 Å². The number of aromatic nitrogens is 2. The lowest BCUT2D eigenvalue weighted by atomic mass is 10.3. The summed E-state index contributed by atoms with van der Waals surface area (Å²) in [4.78, 5) is 0. The van der Waals surface area contributed by atoms with Gasteiger partial charge in [0, 0.05) is 18.3 Å². The fourth-order valence-corrected chi connectivity index (χ4v) is 1.47. The third kappa shape index (κ3) is 1.64. The monoisotopic (exact) mass is 188 g/mol. The van der Waals surface area contributed by atoms with E-state index in [0.717, 1.165) is 5.69 Å². The van der Waals surface area contributed by atoms with Gasteiger partial charge < -0.3 is 9.27 Å². The fraction of sp³-hybridized carbons (Fsp3) is 0.500. The van der Waals surface area contributed by atoms with Crippen LogP contribution in [0.1, 0.15) is 11.4 Å². The number of aryl methyl sites for hydroxylation is 2. The topological polar surface area (TPSA) is 70.0 Å².